The molecule has 8 heteroatoms. The van der Waals surface area contributed by atoms with Crippen molar-refractivity contribution >= 4 is 32.8 Å². The number of aromatic hydroxyl groups is 1. The number of carboxylic acid groups (broad SMARTS) is 1. The van der Waals surface area contributed by atoms with Gasteiger partial charge >= 0.3 is 5.97 Å². The summed E-state index contributed by atoms with van der Waals surface area (Å²) in [6.45, 7) is 0. The Bertz CT molecular complexity index is 858. The van der Waals surface area contributed by atoms with Gasteiger partial charge in [0.15, 0.2) is 11.6 Å². The molecule has 0 spiro atoms. The first kappa shape index (κ1) is 14.0. The van der Waals surface area contributed by atoms with E-state index in [0.29, 0.717) is 0 Å². The number of phenolic OH excluding ortho intramolecular Hbond substituents is 1. The van der Waals surface area contributed by atoms with Crippen LogP contribution in [0.25, 0.3) is 10.9 Å². The van der Waals surface area contributed by atoms with Gasteiger partial charge in [0.1, 0.15) is 5.56 Å². The van der Waals surface area contributed by atoms with E-state index in [0.717, 1.165) is 19.0 Å². The van der Waals surface area contributed by atoms with Crippen molar-refractivity contribution in [2.24, 2.45) is 0 Å². The van der Waals surface area contributed by atoms with Gasteiger partial charge in [-0.2, -0.15) is 4.39 Å². The fourth-order valence-electron chi connectivity index (χ4n) is 2.28. The van der Waals surface area contributed by atoms with Crippen molar-refractivity contribution in [2.45, 2.75) is 18.9 Å². The lowest BCUT2D eigenvalue weighted by molar-refractivity contribution is 0.0695. The first-order valence-electron chi connectivity index (χ1n) is 6.02. The maximum Gasteiger partial charge on any atom is 0.341 e. The van der Waals surface area contributed by atoms with Crippen molar-refractivity contribution in [1.82, 2.24) is 4.57 Å². The standard InChI is InChI=1S/C13H8BrF2NO4/c14-7-8(15)9(16)12(19)6-10(7)17(4-1-2-4)3-5(11(6)18)13(20)21/h3-4,19H,1-2H2,(H,20,21). The molecule has 0 atom stereocenters. The maximum absolute atomic E-state index is 13.8. The summed E-state index contributed by atoms with van der Waals surface area (Å²) < 4.78 is 28.5. The normalized spacial score (nSPS) is 14.6. The minimum Gasteiger partial charge on any atom is -0.504 e. The van der Waals surface area contributed by atoms with Gasteiger partial charge in [0, 0.05) is 12.2 Å². The number of carbonyl (C=O) groups is 1. The summed E-state index contributed by atoms with van der Waals surface area (Å²) in [6.07, 6.45) is 2.55. The molecule has 2 N–H and O–H groups in total. The first-order valence-corrected chi connectivity index (χ1v) is 6.81. The van der Waals surface area contributed by atoms with Crippen LogP contribution in [0.3, 0.4) is 0 Å². The number of halogens is 3. The number of fused-ring (bicyclic) bond motifs is 1. The quantitative estimate of drug-likeness (QED) is 0.808. The monoisotopic (exact) mass is 359 g/mol. The van der Waals surface area contributed by atoms with Crippen LogP contribution in [0, 0.1) is 11.6 Å². The number of benzene rings is 1. The summed E-state index contributed by atoms with van der Waals surface area (Å²) in [5, 5.41) is 18.3. The number of phenols is 1. The molecule has 5 nitrogen and oxygen atoms in total. The van der Waals surface area contributed by atoms with E-state index in [9.17, 15) is 23.5 Å². The van der Waals surface area contributed by atoms with Crippen LogP contribution < -0.4 is 5.43 Å². The molecule has 1 aliphatic rings. The number of aromatic nitrogens is 1. The minimum atomic E-state index is -1.59. The molecular weight excluding hydrogens is 352 g/mol. The zero-order valence-electron chi connectivity index (χ0n) is 10.4. The Morgan fingerprint density at radius 1 is 1.33 bits per heavy atom. The molecule has 21 heavy (non-hydrogen) atoms. The molecule has 0 unspecified atom stereocenters. The number of rotatable bonds is 2. The van der Waals surface area contributed by atoms with Crippen molar-refractivity contribution in [3.05, 3.63) is 38.1 Å². The van der Waals surface area contributed by atoms with Gasteiger partial charge in [-0.3, -0.25) is 4.79 Å². The zero-order chi connectivity index (χ0) is 15.5. The third-order valence-corrected chi connectivity index (χ3v) is 4.17. The number of aromatic carboxylic acids is 1. The van der Waals surface area contributed by atoms with Crippen LogP contribution in [0.1, 0.15) is 29.2 Å². The van der Waals surface area contributed by atoms with Crippen LogP contribution in [0.2, 0.25) is 0 Å². The second-order valence-electron chi connectivity index (χ2n) is 4.83. The van der Waals surface area contributed by atoms with E-state index >= 15 is 0 Å². The van der Waals surface area contributed by atoms with Crippen LogP contribution in [0.5, 0.6) is 5.75 Å². The molecule has 3 rings (SSSR count). The van der Waals surface area contributed by atoms with E-state index in [1.807, 2.05) is 0 Å². The number of carboxylic acids is 1. The van der Waals surface area contributed by atoms with E-state index in [1.165, 1.54) is 4.57 Å². The summed E-state index contributed by atoms with van der Waals surface area (Å²) in [5.74, 6) is -5.57. The highest BCUT2D eigenvalue weighted by atomic mass is 79.9. The van der Waals surface area contributed by atoms with Crippen LogP contribution in [-0.2, 0) is 0 Å². The lowest BCUT2D eigenvalue weighted by atomic mass is 10.1. The number of pyridine rings is 1. The molecule has 2 aromatic rings. The highest BCUT2D eigenvalue weighted by molar-refractivity contribution is 9.10. The Morgan fingerprint density at radius 2 is 1.95 bits per heavy atom. The Morgan fingerprint density at radius 3 is 2.48 bits per heavy atom. The first-order chi connectivity index (χ1) is 9.84. The molecule has 0 radical (unpaired) electrons. The smallest absolute Gasteiger partial charge is 0.341 e. The fraction of sp³-hybridized carbons (Fsp3) is 0.231. The maximum atomic E-state index is 13.8. The van der Waals surface area contributed by atoms with Crippen LogP contribution in [-0.4, -0.2) is 20.7 Å². The highest BCUT2D eigenvalue weighted by Gasteiger charge is 2.31. The molecule has 110 valence electrons. The molecule has 1 aliphatic carbocycles. The molecule has 1 aromatic heterocycles. The second-order valence-corrected chi connectivity index (χ2v) is 5.62. The average molecular weight is 360 g/mol. The van der Waals surface area contributed by atoms with E-state index in [-0.39, 0.29) is 16.0 Å². The van der Waals surface area contributed by atoms with Gasteiger partial charge in [0.2, 0.25) is 11.2 Å². The molecular formula is C13H8BrF2NO4. The minimum absolute atomic E-state index is 0.0381. The molecule has 0 saturated heterocycles. The zero-order valence-corrected chi connectivity index (χ0v) is 11.9. The molecule has 1 heterocycles. The van der Waals surface area contributed by atoms with Crippen molar-refractivity contribution in [3.8, 4) is 5.75 Å². The van der Waals surface area contributed by atoms with E-state index in [1.54, 1.807) is 0 Å². The summed E-state index contributed by atoms with van der Waals surface area (Å²) >= 11 is 2.88. The molecule has 0 bridgehead atoms. The lowest BCUT2D eigenvalue weighted by Crippen LogP contribution is -2.19. The summed E-state index contributed by atoms with van der Waals surface area (Å²) in [4.78, 5) is 23.3. The third-order valence-electron chi connectivity index (χ3n) is 3.44. The Labute approximate surface area is 124 Å². The Balaban J connectivity index is 2.59. The van der Waals surface area contributed by atoms with Gasteiger partial charge in [-0.1, -0.05) is 0 Å². The van der Waals surface area contributed by atoms with Gasteiger partial charge < -0.3 is 14.8 Å². The van der Waals surface area contributed by atoms with Gasteiger partial charge in [0.25, 0.3) is 0 Å². The third kappa shape index (κ3) is 1.93. The SMILES string of the molecule is O=C(O)c1cn(C2CC2)c2c(Br)c(F)c(F)c(O)c2c1=O. The molecule has 1 fully saturated rings. The van der Waals surface area contributed by atoms with Crippen LogP contribution in [0.15, 0.2) is 15.5 Å². The van der Waals surface area contributed by atoms with E-state index < -0.39 is 39.7 Å². The summed E-state index contributed by atoms with van der Waals surface area (Å²) in [6, 6.07) is -0.105. The largest absolute Gasteiger partial charge is 0.504 e. The van der Waals surface area contributed by atoms with Crippen molar-refractivity contribution < 1.29 is 23.8 Å². The highest BCUT2D eigenvalue weighted by Crippen LogP contribution is 2.42. The van der Waals surface area contributed by atoms with Crippen LogP contribution >= 0.6 is 15.9 Å². The number of hydrogen-bond acceptors (Lipinski definition) is 3. The second kappa shape index (κ2) is 4.52. The predicted octanol–water partition coefficient (Wildman–Crippen LogP) is 2.78. The topological polar surface area (TPSA) is 79.5 Å². The molecule has 1 saturated carbocycles. The van der Waals surface area contributed by atoms with E-state index in [2.05, 4.69) is 15.9 Å². The Kier molecular flexibility index (Phi) is 3.01. The van der Waals surface area contributed by atoms with Gasteiger partial charge in [-0.15, -0.1) is 0 Å². The fourth-order valence-corrected chi connectivity index (χ4v) is 2.86. The van der Waals surface area contributed by atoms with Crippen LogP contribution in [0.4, 0.5) is 8.78 Å². The predicted molar refractivity (Wildman–Crippen MR) is 72.7 cm³/mol. The lowest BCUT2D eigenvalue weighted by Gasteiger charge is -2.14. The van der Waals surface area contributed by atoms with Gasteiger partial charge in [-0.25, -0.2) is 9.18 Å². The summed E-state index contributed by atoms with van der Waals surface area (Å²) in [5.41, 5.74) is -1.68. The van der Waals surface area contributed by atoms with Crippen molar-refractivity contribution in [3.63, 3.8) is 0 Å². The summed E-state index contributed by atoms with van der Waals surface area (Å²) in [7, 11) is 0. The number of hydrogen-bond donors (Lipinski definition) is 2. The number of nitrogens with zero attached hydrogens (tertiary/aromatic N) is 1. The van der Waals surface area contributed by atoms with E-state index in [4.69, 9.17) is 5.11 Å². The van der Waals surface area contributed by atoms with Crippen molar-refractivity contribution in [2.75, 3.05) is 0 Å². The van der Waals surface area contributed by atoms with Crippen molar-refractivity contribution in [1.29, 1.82) is 0 Å². The van der Waals surface area contributed by atoms with Gasteiger partial charge in [0.05, 0.1) is 15.4 Å². The molecule has 0 amide bonds. The average Bonchev–Trinajstić information content (AvgIpc) is 3.26. The molecule has 1 aromatic carbocycles. The molecule has 0 aliphatic heterocycles. The van der Waals surface area contributed by atoms with Gasteiger partial charge in [-0.05, 0) is 28.8 Å². The Hall–Kier alpha value is -1.96.